The first-order valence-electron chi connectivity index (χ1n) is 9.51. The average molecular weight is 510 g/mol. The van der Waals surface area contributed by atoms with Crippen molar-refractivity contribution in [3.8, 4) is 5.75 Å². The van der Waals surface area contributed by atoms with Crippen LogP contribution < -0.4 is 10.1 Å². The zero-order valence-corrected chi connectivity index (χ0v) is 19.9. The SMILES string of the molecule is CCc1ccc(OCc2nnc(SCC(=O)Nc3ccc(Br)cc3Cl)n2CC)cc1. The van der Waals surface area contributed by atoms with Gasteiger partial charge in [-0.3, -0.25) is 4.79 Å². The summed E-state index contributed by atoms with van der Waals surface area (Å²) in [5.74, 6) is 1.54. The van der Waals surface area contributed by atoms with E-state index in [4.69, 9.17) is 16.3 Å². The highest BCUT2D eigenvalue weighted by molar-refractivity contribution is 9.10. The highest BCUT2D eigenvalue weighted by Gasteiger charge is 2.14. The van der Waals surface area contributed by atoms with Crippen LogP contribution in [0.25, 0.3) is 0 Å². The highest BCUT2D eigenvalue weighted by Crippen LogP contribution is 2.26. The first kappa shape index (κ1) is 22.7. The number of carbonyl (C=O) groups is 1. The number of aryl methyl sites for hydroxylation is 1. The van der Waals surface area contributed by atoms with E-state index in [0.717, 1.165) is 22.5 Å². The molecule has 0 aliphatic heterocycles. The lowest BCUT2D eigenvalue weighted by molar-refractivity contribution is -0.113. The van der Waals surface area contributed by atoms with Crippen molar-refractivity contribution in [2.75, 3.05) is 11.1 Å². The second-order valence-electron chi connectivity index (χ2n) is 6.39. The molecule has 30 heavy (non-hydrogen) atoms. The Morgan fingerprint density at radius 3 is 2.63 bits per heavy atom. The van der Waals surface area contributed by atoms with Gasteiger partial charge in [-0.05, 0) is 49.2 Å². The van der Waals surface area contributed by atoms with E-state index >= 15 is 0 Å². The van der Waals surface area contributed by atoms with Gasteiger partial charge in [0.05, 0.1) is 16.5 Å². The van der Waals surface area contributed by atoms with Crippen LogP contribution in [0, 0.1) is 0 Å². The van der Waals surface area contributed by atoms with Crippen LogP contribution in [0.1, 0.15) is 25.2 Å². The van der Waals surface area contributed by atoms with Crippen molar-refractivity contribution < 1.29 is 9.53 Å². The normalized spacial score (nSPS) is 10.8. The molecule has 6 nitrogen and oxygen atoms in total. The van der Waals surface area contributed by atoms with E-state index in [0.29, 0.717) is 29.0 Å². The minimum Gasteiger partial charge on any atom is -0.486 e. The Kier molecular flexibility index (Phi) is 8.18. The molecule has 9 heteroatoms. The van der Waals surface area contributed by atoms with E-state index in [1.807, 2.05) is 29.7 Å². The van der Waals surface area contributed by atoms with Crippen molar-refractivity contribution >= 4 is 50.9 Å². The molecular weight excluding hydrogens is 488 g/mol. The van der Waals surface area contributed by atoms with E-state index in [9.17, 15) is 4.79 Å². The summed E-state index contributed by atoms with van der Waals surface area (Å²) in [6.07, 6.45) is 0.993. The molecule has 0 atom stereocenters. The number of ether oxygens (including phenoxy) is 1. The van der Waals surface area contributed by atoms with Gasteiger partial charge < -0.3 is 14.6 Å². The summed E-state index contributed by atoms with van der Waals surface area (Å²) in [4.78, 5) is 12.3. The summed E-state index contributed by atoms with van der Waals surface area (Å²) >= 11 is 10.8. The molecule has 1 amide bonds. The van der Waals surface area contributed by atoms with Gasteiger partial charge in [-0.25, -0.2) is 0 Å². The number of amides is 1. The standard InChI is InChI=1S/C21H22BrClN4O2S/c1-3-14-5-8-16(9-6-14)29-12-19-25-26-21(27(19)4-2)30-13-20(28)24-18-10-7-15(22)11-17(18)23/h5-11H,3-4,12-13H2,1-2H3,(H,24,28). The van der Waals surface area contributed by atoms with Gasteiger partial charge in [0.15, 0.2) is 11.0 Å². The largest absolute Gasteiger partial charge is 0.486 e. The van der Waals surface area contributed by atoms with Crippen molar-refractivity contribution in [2.45, 2.75) is 38.6 Å². The van der Waals surface area contributed by atoms with E-state index in [1.165, 1.54) is 17.3 Å². The average Bonchev–Trinajstić information content (AvgIpc) is 3.15. The van der Waals surface area contributed by atoms with E-state index in [-0.39, 0.29) is 11.7 Å². The molecule has 1 N–H and O–H groups in total. The third kappa shape index (κ3) is 6.00. The number of rotatable bonds is 9. The van der Waals surface area contributed by atoms with E-state index < -0.39 is 0 Å². The van der Waals surface area contributed by atoms with Gasteiger partial charge in [0.25, 0.3) is 0 Å². The molecule has 0 saturated carbocycles. The Balaban J connectivity index is 1.57. The van der Waals surface area contributed by atoms with Crippen LogP contribution in [0.15, 0.2) is 52.1 Å². The number of halogens is 2. The third-order valence-electron chi connectivity index (χ3n) is 4.35. The zero-order chi connectivity index (χ0) is 21.5. The number of carbonyl (C=O) groups excluding carboxylic acids is 1. The Hall–Kier alpha value is -2.03. The molecule has 158 valence electrons. The van der Waals surface area contributed by atoms with E-state index in [1.54, 1.807) is 12.1 Å². The number of anilines is 1. The van der Waals surface area contributed by atoms with Crippen molar-refractivity contribution in [2.24, 2.45) is 0 Å². The quantitative estimate of drug-likeness (QED) is 0.381. The second-order valence-corrected chi connectivity index (χ2v) is 8.66. The molecule has 0 spiro atoms. The lowest BCUT2D eigenvalue weighted by Gasteiger charge is -2.10. The Labute approximate surface area is 193 Å². The van der Waals surface area contributed by atoms with Crippen LogP contribution in [0.5, 0.6) is 5.75 Å². The summed E-state index contributed by atoms with van der Waals surface area (Å²) in [5, 5.41) is 12.4. The fraction of sp³-hybridized carbons (Fsp3) is 0.286. The first-order chi connectivity index (χ1) is 14.5. The minimum absolute atomic E-state index is 0.163. The number of hydrogen-bond donors (Lipinski definition) is 1. The minimum atomic E-state index is -0.163. The molecule has 0 fully saturated rings. The van der Waals surface area contributed by atoms with Crippen molar-refractivity contribution in [1.29, 1.82) is 0 Å². The summed E-state index contributed by atoms with van der Waals surface area (Å²) in [6, 6.07) is 13.3. The predicted molar refractivity (Wildman–Crippen MR) is 124 cm³/mol. The van der Waals surface area contributed by atoms with Gasteiger partial charge in [-0.15, -0.1) is 10.2 Å². The van der Waals surface area contributed by atoms with Crippen LogP contribution in [0.4, 0.5) is 5.69 Å². The maximum Gasteiger partial charge on any atom is 0.234 e. The van der Waals surface area contributed by atoms with Gasteiger partial charge in [-0.2, -0.15) is 0 Å². The van der Waals surface area contributed by atoms with Crippen LogP contribution in [-0.2, 0) is 24.4 Å². The highest BCUT2D eigenvalue weighted by atomic mass is 79.9. The molecule has 0 unspecified atom stereocenters. The molecule has 0 bridgehead atoms. The van der Waals surface area contributed by atoms with Gasteiger partial charge >= 0.3 is 0 Å². The molecule has 0 aliphatic carbocycles. The molecule has 0 aliphatic rings. The molecule has 0 radical (unpaired) electrons. The monoisotopic (exact) mass is 508 g/mol. The molecular formula is C21H22BrClN4O2S. The molecule has 3 aromatic rings. The topological polar surface area (TPSA) is 69.0 Å². The second kappa shape index (κ2) is 10.8. The number of nitrogens with zero attached hydrogens (tertiary/aromatic N) is 3. The van der Waals surface area contributed by atoms with Crippen molar-refractivity contribution in [1.82, 2.24) is 14.8 Å². The van der Waals surface area contributed by atoms with E-state index in [2.05, 4.69) is 50.5 Å². The fourth-order valence-electron chi connectivity index (χ4n) is 2.73. The van der Waals surface area contributed by atoms with Gasteiger partial charge in [0.1, 0.15) is 12.4 Å². The Morgan fingerprint density at radius 1 is 1.20 bits per heavy atom. The van der Waals surface area contributed by atoms with Gasteiger partial charge in [-0.1, -0.05) is 58.3 Å². The maximum absolute atomic E-state index is 12.3. The van der Waals surface area contributed by atoms with Crippen LogP contribution in [0.3, 0.4) is 0 Å². The number of hydrogen-bond acceptors (Lipinski definition) is 5. The number of aromatic nitrogens is 3. The maximum atomic E-state index is 12.3. The molecule has 1 heterocycles. The lowest BCUT2D eigenvalue weighted by atomic mass is 10.2. The van der Waals surface area contributed by atoms with Crippen molar-refractivity contribution in [3.05, 3.63) is 63.3 Å². The van der Waals surface area contributed by atoms with Gasteiger partial charge in [0.2, 0.25) is 5.91 Å². The number of thioether (sulfide) groups is 1. The number of nitrogens with one attached hydrogen (secondary N) is 1. The third-order valence-corrected chi connectivity index (χ3v) is 6.12. The van der Waals surface area contributed by atoms with Crippen LogP contribution >= 0.6 is 39.3 Å². The summed E-state index contributed by atoms with van der Waals surface area (Å²) in [6.45, 7) is 5.12. The molecule has 3 rings (SSSR count). The lowest BCUT2D eigenvalue weighted by Crippen LogP contribution is -2.15. The molecule has 0 saturated heterocycles. The van der Waals surface area contributed by atoms with Crippen LogP contribution in [-0.4, -0.2) is 26.4 Å². The van der Waals surface area contributed by atoms with Crippen LogP contribution in [0.2, 0.25) is 5.02 Å². The van der Waals surface area contributed by atoms with Gasteiger partial charge in [0, 0.05) is 11.0 Å². The summed E-state index contributed by atoms with van der Waals surface area (Å²) in [5.41, 5.74) is 1.84. The summed E-state index contributed by atoms with van der Waals surface area (Å²) in [7, 11) is 0. The smallest absolute Gasteiger partial charge is 0.234 e. The predicted octanol–water partition coefficient (Wildman–Crippen LogP) is 5.59. The Morgan fingerprint density at radius 2 is 1.97 bits per heavy atom. The fourth-order valence-corrected chi connectivity index (χ4v) is 4.27. The molecule has 1 aromatic heterocycles. The van der Waals surface area contributed by atoms with Crippen molar-refractivity contribution in [3.63, 3.8) is 0 Å². The Bertz CT molecular complexity index is 1010. The number of benzene rings is 2. The summed E-state index contributed by atoms with van der Waals surface area (Å²) < 4.78 is 8.65. The zero-order valence-electron chi connectivity index (χ0n) is 16.7. The molecule has 2 aromatic carbocycles. The first-order valence-corrected chi connectivity index (χ1v) is 11.7.